The maximum atomic E-state index is 13.0. The van der Waals surface area contributed by atoms with E-state index >= 15 is 0 Å². The Morgan fingerprint density at radius 2 is 1.91 bits per heavy atom. The van der Waals surface area contributed by atoms with Gasteiger partial charge in [-0.15, -0.1) is 11.3 Å². The number of hydrogen-bond acceptors (Lipinski definition) is 7. The summed E-state index contributed by atoms with van der Waals surface area (Å²) in [6, 6.07) is 20.7. The van der Waals surface area contributed by atoms with Crippen molar-refractivity contribution in [1.82, 2.24) is 9.97 Å². The largest absolute Gasteiger partial charge is 0.479 e. The number of esters is 1. The first-order valence-electron chi connectivity index (χ1n) is 11.2. The van der Waals surface area contributed by atoms with Gasteiger partial charge in [0.15, 0.2) is 6.10 Å². The summed E-state index contributed by atoms with van der Waals surface area (Å²) in [4.78, 5) is 37.3. The van der Waals surface area contributed by atoms with Gasteiger partial charge in [0.2, 0.25) is 0 Å². The van der Waals surface area contributed by atoms with Gasteiger partial charge in [-0.2, -0.15) is 0 Å². The number of carbonyl (C=O) groups is 2. The maximum Gasteiger partial charge on any atom is 0.326 e. The Kier molecular flexibility index (Phi) is 6.29. The van der Waals surface area contributed by atoms with E-state index in [9.17, 15) is 9.59 Å². The van der Waals surface area contributed by atoms with Crippen LogP contribution in [0.4, 0.5) is 5.69 Å². The molecule has 0 bridgehead atoms. The molecule has 0 N–H and O–H groups in total. The number of anilines is 1. The average Bonchev–Trinajstić information content (AvgIpc) is 3.28. The first-order valence-corrected chi connectivity index (χ1v) is 12.0. The molecular weight excluding hydrogens is 462 g/mol. The molecule has 1 unspecified atom stereocenters. The Balaban J connectivity index is 1.42. The van der Waals surface area contributed by atoms with E-state index in [2.05, 4.69) is 4.98 Å². The molecule has 35 heavy (non-hydrogen) atoms. The number of fused-ring (bicyclic) bond motifs is 1. The summed E-state index contributed by atoms with van der Waals surface area (Å²) in [5.74, 6) is -0.250. The molecule has 4 aromatic rings. The molecule has 1 atom stereocenters. The van der Waals surface area contributed by atoms with Crippen LogP contribution in [0.2, 0.25) is 0 Å². The molecule has 1 aliphatic rings. The summed E-state index contributed by atoms with van der Waals surface area (Å²) in [6.07, 6.45) is 1.04. The lowest BCUT2D eigenvalue weighted by molar-refractivity contribution is -0.144. The van der Waals surface area contributed by atoms with Crippen LogP contribution >= 0.6 is 11.3 Å². The van der Waals surface area contributed by atoms with Gasteiger partial charge in [0.1, 0.15) is 23.9 Å². The summed E-state index contributed by atoms with van der Waals surface area (Å²) >= 11 is 1.56. The molecule has 1 amide bonds. The lowest BCUT2D eigenvalue weighted by atomic mass is 10.1. The van der Waals surface area contributed by atoms with Crippen molar-refractivity contribution in [3.63, 3.8) is 0 Å². The molecule has 7 nitrogen and oxygen atoms in total. The number of aryl methyl sites for hydroxylation is 1. The van der Waals surface area contributed by atoms with Gasteiger partial charge in [0.05, 0.1) is 17.1 Å². The molecule has 176 valence electrons. The highest BCUT2D eigenvalue weighted by Crippen LogP contribution is 2.39. The first-order chi connectivity index (χ1) is 17.0. The van der Waals surface area contributed by atoms with Crippen molar-refractivity contribution >= 4 is 28.9 Å². The van der Waals surface area contributed by atoms with E-state index in [4.69, 9.17) is 14.5 Å². The first kappa shape index (κ1) is 22.7. The van der Waals surface area contributed by atoms with Crippen molar-refractivity contribution in [3.8, 4) is 27.7 Å². The Hall–Kier alpha value is -4.04. The normalized spacial score (nSPS) is 14.9. The Morgan fingerprint density at radius 3 is 2.69 bits per heavy atom. The van der Waals surface area contributed by atoms with Crippen molar-refractivity contribution in [3.05, 3.63) is 83.4 Å². The number of aromatic nitrogens is 2. The minimum atomic E-state index is -0.702. The standard InChI is InChI=1S/C27H23N3O4S/c1-17-27(32)30(15-24(31)33-16-19-8-4-3-5-9-19)22-14-20(11-12-23(22)34-17)25-18(2)35-26(29-25)21-10-6-7-13-28-21/h3-14,17H,15-16H2,1-2H3. The third-order valence-electron chi connectivity index (χ3n) is 5.65. The number of nitrogens with zero attached hydrogens (tertiary/aromatic N) is 3. The summed E-state index contributed by atoms with van der Waals surface area (Å²) in [5.41, 5.74) is 3.84. The second-order valence-corrected chi connectivity index (χ2v) is 9.36. The Labute approximate surface area is 207 Å². The monoisotopic (exact) mass is 485 g/mol. The zero-order valence-corrected chi connectivity index (χ0v) is 20.1. The van der Waals surface area contributed by atoms with Crippen LogP contribution in [0.15, 0.2) is 72.9 Å². The maximum absolute atomic E-state index is 13.0. The van der Waals surface area contributed by atoms with E-state index in [1.54, 1.807) is 24.5 Å². The number of thiazole rings is 1. The van der Waals surface area contributed by atoms with E-state index in [-0.39, 0.29) is 19.1 Å². The molecule has 5 rings (SSSR count). The van der Waals surface area contributed by atoms with Crippen molar-refractivity contribution < 1.29 is 19.1 Å². The molecule has 2 aromatic heterocycles. The third-order valence-corrected chi connectivity index (χ3v) is 6.64. The molecule has 0 aliphatic carbocycles. The highest BCUT2D eigenvalue weighted by molar-refractivity contribution is 7.15. The van der Waals surface area contributed by atoms with Gasteiger partial charge in [0.25, 0.3) is 5.91 Å². The van der Waals surface area contributed by atoms with E-state index < -0.39 is 12.1 Å². The lowest BCUT2D eigenvalue weighted by Crippen LogP contribution is -2.47. The highest BCUT2D eigenvalue weighted by Gasteiger charge is 2.33. The SMILES string of the molecule is Cc1sc(-c2ccccn2)nc1-c1ccc2c(c1)N(CC(=O)OCc1ccccc1)C(=O)C(C)O2. The van der Waals surface area contributed by atoms with Gasteiger partial charge in [-0.05, 0) is 49.7 Å². The quantitative estimate of drug-likeness (QED) is 0.356. The zero-order chi connectivity index (χ0) is 24.4. The van der Waals surface area contributed by atoms with Crippen molar-refractivity contribution in [2.45, 2.75) is 26.6 Å². The van der Waals surface area contributed by atoms with E-state index in [1.165, 1.54) is 4.90 Å². The molecule has 1 aliphatic heterocycles. The van der Waals surface area contributed by atoms with Gasteiger partial charge >= 0.3 is 5.97 Å². The number of rotatable bonds is 6. The second kappa shape index (κ2) is 9.68. The molecule has 0 radical (unpaired) electrons. The Bertz CT molecular complexity index is 1370. The van der Waals surface area contributed by atoms with Gasteiger partial charge in [0, 0.05) is 16.6 Å². The fourth-order valence-corrected chi connectivity index (χ4v) is 4.81. The van der Waals surface area contributed by atoms with Crippen LogP contribution in [0.1, 0.15) is 17.4 Å². The highest BCUT2D eigenvalue weighted by atomic mass is 32.1. The Morgan fingerprint density at radius 1 is 1.11 bits per heavy atom. The summed E-state index contributed by atoms with van der Waals surface area (Å²) in [6.45, 7) is 3.62. The van der Waals surface area contributed by atoms with Crippen LogP contribution in [0, 0.1) is 6.92 Å². The predicted molar refractivity (Wildman–Crippen MR) is 134 cm³/mol. The molecule has 3 heterocycles. The fourth-order valence-electron chi connectivity index (χ4n) is 3.89. The van der Waals surface area contributed by atoms with Crippen LogP contribution in [0.25, 0.3) is 22.0 Å². The predicted octanol–water partition coefficient (Wildman–Crippen LogP) is 5.04. The van der Waals surface area contributed by atoms with Crippen LogP contribution in [-0.4, -0.2) is 34.5 Å². The molecule has 2 aromatic carbocycles. The average molecular weight is 486 g/mol. The number of hydrogen-bond donors (Lipinski definition) is 0. The summed E-state index contributed by atoms with van der Waals surface area (Å²) in [7, 11) is 0. The van der Waals surface area contributed by atoms with E-state index in [0.29, 0.717) is 11.4 Å². The van der Waals surface area contributed by atoms with Crippen LogP contribution in [-0.2, 0) is 20.9 Å². The molecule has 0 spiro atoms. The van der Waals surface area contributed by atoms with Crippen molar-refractivity contribution in [2.75, 3.05) is 11.4 Å². The zero-order valence-electron chi connectivity index (χ0n) is 19.3. The van der Waals surface area contributed by atoms with E-state index in [0.717, 1.165) is 32.4 Å². The molecule has 0 saturated heterocycles. The number of amides is 1. The summed E-state index contributed by atoms with van der Waals surface area (Å²) < 4.78 is 11.2. The van der Waals surface area contributed by atoms with Gasteiger partial charge in [-0.3, -0.25) is 19.5 Å². The molecule has 0 fully saturated rings. The minimum Gasteiger partial charge on any atom is -0.479 e. The van der Waals surface area contributed by atoms with E-state index in [1.807, 2.05) is 73.7 Å². The number of pyridine rings is 1. The van der Waals surface area contributed by atoms with Gasteiger partial charge < -0.3 is 9.47 Å². The van der Waals surface area contributed by atoms with Crippen molar-refractivity contribution in [2.24, 2.45) is 0 Å². The van der Waals surface area contributed by atoms with Crippen molar-refractivity contribution in [1.29, 1.82) is 0 Å². The fraction of sp³-hybridized carbons (Fsp3) is 0.185. The van der Waals surface area contributed by atoms with Crippen LogP contribution in [0.5, 0.6) is 5.75 Å². The second-order valence-electron chi connectivity index (χ2n) is 8.15. The number of carbonyl (C=O) groups excluding carboxylic acids is 2. The smallest absolute Gasteiger partial charge is 0.326 e. The number of ether oxygens (including phenoxy) is 2. The van der Waals surface area contributed by atoms with Gasteiger partial charge in [-0.25, -0.2) is 4.98 Å². The number of benzene rings is 2. The molecule has 8 heteroatoms. The molecular formula is C27H23N3O4S. The van der Waals surface area contributed by atoms with Crippen LogP contribution < -0.4 is 9.64 Å². The lowest BCUT2D eigenvalue weighted by Gasteiger charge is -2.32. The minimum absolute atomic E-state index is 0.148. The molecule has 0 saturated carbocycles. The topological polar surface area (TPSA) is 81.6 Å². The summed E-state index contributed by atoms with van der Waals surface area (Å²) in [5, 5.41) is 0.818. The third kappa shape index (κ3) is 4.79. The van der Waals surface area contributed by atoms with Gasteiger partial charge in [-0.1, -0.05) is 36.4 Å². The van der Waals surface area contributed by atoms with Crippen LogP contribution in [0.3, 0.4) is 0 Å².